The van der Waals surface area contributed by atoms with Gasteiger partial charge in [-0.1, -0.05) is 12.5 Å². The molecule has 2 heteroatoms. The molecule has 1 unspecified atom stereocenters. The summed E-state index contributed by atoms with van der Waals surface area (Å²) in [6.45, 7) is 4.69. The van der Waals surface area contributed by atoms with E-state index in [9.17, 15) is 10.1 Å². The monoisotopic (exact) mass is 337 g/mol. The minimum Gasteiger partial charge on any atom is -0.295 e. The van der Waals surface area contributed by atoms with Crippen LogP contribution in [0.5, 0.6) is 0 Å². The Bertz CT molecular complexity index is 683. The number of fused-ring (bicyclic) bond motifs is 5. The predicted molar refractivity (Wildman–Crippen MR) is 97.4 cm³/mol. The Kier molecular flexibility index (Phi) is 3.36. The molecule has 0 aromatic heterocycles. The predicted octanol–water partition coefficient (Wildman–Crippen LogP) is 5.29. The third-order valence-electron chi connectivity index (χ3n) is 9.47. The van der Waals surface area contributed by atoms with Crippen LogP contribution < -0.4 is 0 Å². The van der Waals surface area contributed by atoms with Crippen LogP contribution in [-0.4, -0.2) is 5.78 Å². The van der Waals surface area contributed by atoms with Crippen LogP contribution in [0.1, 0.15) is 71.6 Å². The minimum atomic E-state index is -0.130. The molecular weight excluding hydrogens is 306 g/mol. The van der Waals surface area contributed by atoms with Crippen LogP contribution in [0.15, 0.2) is 11.6 Å². The van der Waals surface area contributed by atoms with Gasteiger partial charge in [0, 0.05) is 6.42 Å². The topological polar surface area (TPSA) is 40.9 Å². The largest absolute Gasteiger partial charge is 0.295 e. The Morgan fingerprint density at radius 3 is 2.60 bits per heavy atom. The Hall–Kier alpha value is -1.10. The molecule has 7 atom stereocenters. The van der Waals surface area contributed by atoms with Crippen molar-refractivity contribution in [2.24, 2.45) is 46.3 Å². The van der Waals surface area contributed by atoms with Gasteiger partial charge in [0.05, 0.1) is 11.5 Å². The lowest BCUT2D eigenvalue weighted by Crippen LogP contribution is -2.52. The number of carbonyl (C=O) groups is 1. The zero-order valence-corrected chi connectivity index (χ0v) is 15.8. The Balaban J connectivity index is 1.55. The van der Waals surface area contributed by atoms with Crippen LogP contribution in [0.25, 0.3) is 0 Å². The third-order valence-corrected chi connectivity index (χ3v) is 9.47. The molecule has 4 saturated carbocycles. The number of hydrogen-bond donors (Lipinski definition) is 0. The van der Waals surface area contributed by atoms with E-state index in [-0.39, 0.29) is 10.8 Å². The van der Waals surface area contributed by atoms with Crippen LogP contribution >= 0.6 is 0 Å². The molecule has 0 radical (unpaired) electrons. The number of nitriles is 1. The summed E-state index contributed by atoms with van der Waals surface area (Å²) in [4.78, 5) is 12.0. The van der Waals surface area contributed by atoms with Crippen molar-refractivity contribution >= 4 is 5.78 Å². The Morgan fingerprint density at radius 1 is 1.08 bits per heavy atom. The molecule has 0 bridgehead atoms. The van der Waals surface area contributed by atoms with Gasteiger partial charge < -0.3 is 0 Å². The van der Waals surface area contributed by atoms with Crippen LogP contribution in [0.4, 0.5) is 0 Å². The highest BCUT2D eigenvalue weighted by molar-refractivity contribution is 5.91. The summed E-state index contributed by atoms with van der Waals surface area (Å²) in [5, 5.41) is 9.93. The van der Waals surface area contributed by atoms with Crippen molar-refractivity contribution in [3.05, 3.63) is 11.6 Å². The third kappa shape index (κ3) is 2.11. The summed E-state index contributed by atoms with van der Waals surface area (Å²) in [5.41, 5.74) is 1.59. The van der Waals surface area contributed by atoms with E-state index in [1.165, 1.54) is 44.1 Å². The standard InChI is InChI=1S/C23H31NO/c1-22(13-24)9-8-20-21-18(7-10-23(20,22)2)17-6-5-16(25)11-15(17)12-19(21)14-3-4-14/h11,14,17-21H,3-10,12H2,1-2H3/t17-,18+,19+,20?,21-,22+,23-/m0/s1. The van der Waals surface area contributed by atoms with Crippen molar-refractivity contribution in [2.45, 2.75) is 71.6 Å². The minimum absolute atomic E-state index is 0.130. The van der Waals surface area contributed by atoms with Gasteiger partial charge in [0.1, 0.15) is 0 Å². The molecule has 0 spiro atoms. The maximum atomic E-state index is 12.0. The van der Waals surface area contributed by atoms with Crippen molar-refractivity contribution in [1.82, 2.24) is 0 Å². The van der Waals surface area contributed by atoms with Gasteiger partial charge in [-0.3, -0.25) is 4.79 Å². The van der Waals surface area contributed by atoms with Crippen molar-refractivity contribution in [1.29, 1.82) is 5.26 Å². The molecule has 0 heterocycles. The second-order valence-electron chi connectivity index (χ2n) is 10.3. The van der Waals surface area contributed by atoms with E-state index in [2.05, 4.69) is 19.9 Å². The first-order chi connectivity index (χ1) is 12.0. The molecular formula is C23H31NO. The van der Waals surface area contributed by atoms with Gasteiger partial charge in [-0.25, -0.2) is 0 Å². The van der Waals surface area contributed by atoms with Gasteiger partial charge in [0.25, 0.3) is 0 Å². The second kappa shape index (κ2) is 5.21. The van der Waals surface area contributed by atoms with Crippen LogP contribution in [-0.2, 0) is 4.79 Å². The van der Waals surface area contributed by atoms with Gasteiger partial charge in [-0.2, -0.15) is 5.26 Å². The molecule has 4 fully saturated rings. The number of nitrogens with zero attached hydrogens (tertiary/aromatic N) is 1. The SMILES string of the molecule is C[C@]1(C#N)CCC2[C@H]3[C@H](CC[C@@]21C)[C@H]1CCC(=O)C=C1C[C@@H]3C1CC1. The number of allylic oxidation sites excluding steroid dienone is 1. The average molecular weight is 338 g/mol. The fourth-order valence-corrected chi connectivity index (χ4v) is 7.74. The van der Waals surface area contributed by atoms with E-state index >= 15 is 0 Å². The molecule has 2 nitrogen and oxygen atoms in total. The zero-order valence-electron chi connectivity index (χ0n) is 15.8. The highest BCUT2D eigenvalue weighted by Crippen LogP contribution is 2.70. The van der Waals surface area contributed by atoms with E-state index in [0.717, 1.165) is 48.9 Å². The molecule has 0 saturated heterocycles. The maximum absolute atomic E-state index is 12.0. The number of carbonyl (C=O) groups excluding carboxylic acids is 1. The fraction of sp³-hybridized carbons (Fsp3) is 0.826. The normalized spacial score (nSPS) is 51.8. The van der Waals surface area contributed by atoms with Gasteiger partial charge in [0.15, 0.2) is 5.78 Å². The zero-order chi connectivity index (χ0) is 17.4. The summed E-state index contributed by atoms with van der Waals surface area (Å²) in [7, 11) is 0. The molecule has 0 amide bonds. The van der Waals surface area contributed by atoms with Crippen molar-refractivity contribution < 1.29 is 4.79 Å². The quantitative estimate of drug-likeness (QED) is 0.652. The molecule has 0 aliphatic heterocycles. The summed E-state index contributed by atoms with van der Waals surface area (Å²) in [6, 6.07) is 2.74. The van der Waals surface area contributed by atoms with Crippen LogP contribution in [0, 0.1) is 57.7 Å². The van der Waals surface area contributed by atoms with E-state index in [1.807, 2.05) is 6.08 Å². The second-order valence-corrected chi connectivity index (χ2v) is 10.3. The molecule has 0 aromatic carbocycles. The van der Waals surface area contributed by atoms with Crippen LogP contribution in [0.2, 0.25) is 0 Å². The summed E-state index contributed by atoms with van der Waals surface area (Å²) in [6.07, 6.45) is 12.8. The van der Waals surface area contributed by atoms with Crippen LogP contribution in [0.3, 0.4) is 0 Å². The summed E-state index contributed by atoms with van der Waals surface area (Å²) >= 11 is 0. The highest BCUT2D eigenvalue weighted by atomic mass is 16.1. The van der Waals surface area contributed by atoms with E-state index < -0.39 is 0 Å². The smallest absolute Gasteiger partial charge is 0.155 e. The van der Waals surface area contributed by atoms with Crippen molar-refractivity contribution in [3.63, 3.8) is 0 Å². The molecule has 5 aliphatic rings. The molecule has 0 N–H and O–H groups in total. The van der Waals surface area contributed by atoms with Gasteiger partial charge in [-0.15, -0.1) is 0 Å². The van der Waals surface area contributed by atoms with E-state index in [0.29, 0.717) is 11.7 Å². The summed E-state index contributed by atoms with van der Waals surface area (Å²) in [5.74, 6) is 5.09. The highest BCUT2D eigenvalue weighted by Gasteiger charge is 2.63. The van der Waals surface area contributed by atoms with Gasteiger partial charge >= 0.3 is 0 Å². The number of hydrogen-bond acceptors (Lipinski definition) is 2. The maximum Gasteiger partial charge on any atom is 0.155 e. The first kappa shape index (κ1) is 16.1. The van der Waals surface area contributed by atoms with E-state index in [4.69, 9.17) is 0 Å². The van der Waals surface area contributed by atoms with Gasteiger partial charge in [-0.05, 0) is 105 Å². The summed E-state index contributed by atoms with van der Waals surface area (Å²) < 4.78 is 0. The van der Waals surface area contributed by atoms with Gasteiger partial charge in [0.2, 0.25) is 0 Å². The number of rotatable bonds is 1. The molecule has 5 rings (SSSR count). The fourth-order valence-electron chi connectivity index (χ4n) is 7.74. The Morgan fingerprint density at radius 2 is 1.88 bits per heavy atom. The first-order valence-corrected chi connectivity index (χ1v) is 10.6. The van der Waals surface area contributed by atoms with Crippen molar-refractivity contribution in [3.8, 4) is 6.07 Å². The van der Waals surface area contributed by atoms with E-state index in [1.54, 1.807) is 0 Å². The lowest BCUT2D eigenvalue weighted by atomic mass is 9.46. The van der Waals surface area contributed by atoms with Crippen molar-refractivity contribution in [2.75, 3.05) is 0 Å². The molecule has 5 aliphatic carbocycles. The number of ketones is 1. The Labute approximate surface area is 152 Å². The lowest BCUT2D eigenvalue weighted by Gasteiger charge is -2.57. The average Bonchev–Trinajstić information content (AvgIpc) is 3.40. The molecule has 25 heavy (non-hydrogen) atoms. The molecule has 0 aromatic rings. The molecule has 134 valence electrons. The lowest BCUT2D eigenvalue weighted by molar-refractivity contribution is -0.116. The first-order valence-electron chi connectivity index (χ1n) is 10.6.